The van der Waals surface area contributed by atoms with Crippen LogP contribution in [0.3, 0.4) is 0 Å². The smallest absolute Gasteiger partial charge is 0.263 e. The van der Waals surface area contributed by atoms with Crippen LogP contribution >= 0.6 is 11.3 Å². The third kappa shape index (κ3) is 4.28. The molecule has 3 rings (SSSR count). The zero-order valence-electron chi connectivity index (χ0n) is 15.9. The van der Waals surface area contributed by atoms with Crippen LogP contribution in [0.5, 0.6) is 5.75 Å². The third-order valence-electron chi connectivity index (χ3n) is 4.08. The van der Waals surface area contributed by atoms with Gasteiger partial charge in [-0.2, -0.15) is 0 Å². The van der Waals surface area contributed by atoms with Crippen LogP contribution < -0.4 is 9.64 Å². The fourth-order valence-corrected chi connectivity index (χ4v) is 3.70. The molecule has 148 valence electrons. The van der Waals surface area contributed by atoms with Gasteiger partial charge in [0.1, 0.15) is 22.9 Å². The summed E-state index contributed by atoms with van der Waals surface area (Å²) in [4.78, 5) is 21.0. The number of benzene rings is 2. The van der Waals surface area contributed by atoms with Crippen molar-refractivity contribution in [2.24, 2.45) is 0 Å². The molecule has 0 fully saturated rings. The number of rotatable bonds is 7. The Bertz CT molecular complexity index is 991. The minimum absolute atomic E-state index is 0.190. The number of ether oxygens (including phenoxy) is 1. The molecule has 0 aliphatic rings. The largest absolute Gasteiger partial charge is 0.492 e. The van der Waals surface area contributed by atoms with Gasteiger partial charge in [-0.15, -0.1) is 0 Å². The zero-order valence-corrected chi connectivity index (χ0v) is 16.7. The average molecular weight is 405 g/mol. The molecule has 0 atom stereocenters. The highest BCUT2D eigenvalue weighted by Gasteiger charge is 2.24. The highest BCUT2D eigenvalue weighted by atomic mass is 32.1. The maximum absolute atomic E-state index is 14.2. The van der Waals surface area contributed by atoms with Gasteiger partial charge in [0.15, 0.2) is 5.13 Å². The summed E-state index contributed by atoms with van der Waals surface area (Å²) in [5.41, 5.74) is 0.469. The minimum atomic E-state index is -0.893. The highest BCUT2D eigenvalue weighted by Crippen LogP contribution is 2.35. The molecule has 0 N–H and O–H groups in total. The van der Waals surface area contributed by atoms with E-state index in [9.17, 15) is 13.6 Å². The first-order chi connectivity index (χ1) is 13.4. The van der Waals surface area contributed by atoms with Crippen molar-refractivity contribution in [3.63, 3.8) is 0 Å². The molecule has 2 aromatic carbocycles. The molecule has 28 heavy (non-hydrogen) atoms. The van der Waals surface area contributed by atoms with Crippen LogP contribution in [0.25, 0.3) is 10.2 Å². The summed E-state index contributed by atoms with van der Waals surface area (Å²) >= 11 is 1.33. The van der Waals surface area contributed by atoms with Crippen LogP contribution in [-0.2, 0) is 0 Å². The van der Waals surface area contributed by atoms with E-state index in [1.54, 1.807) is 0 Å². The first kappa shape index (κ1) is 20.2. The summed E-state index contributed by atoms with van der Waals surface area (Å²) in [5.74, 6) is -1.54. The van der Waals surface area contributed by atoms with E-state index in [0.29, 0.717) is 42.2 Å². The highest BCUT2D eigenvalue weighted by molar-refractivity contribution is 7.22. The monoisotopic (exact) mass is 405 g/mol. The lowest BCUT2D eigenvalue weighted by Gasteiger charge is -2.22. The average Bonchev–Trinajstić information content (AvgIpc) is 3.06. The van der Waals surface area contributed by atoms with Crippen LogP contribution in [0.15, 0.2) is 36.4 Å². The number of para-hydroxylation sites is 1. The van der Waals surface area contributed by atoms with Crippen molar-refractivity contribution < 1.29 is 18.3 Å². The van der Waals surface area contributed by atoms with Gasteiger partial charge in [-0.05, 0) is 45.3 Å². The van der Waals surface area contributed by atoms with Crippen LogP contribution in [0.2, 0.25) is 0 Å². The lowest BCUT2D eigenvalue weighted by molar-refractivity contribution is 0.0981. The van der Waals surface area contributed by atoms with E-state index in [2.05, 4.69) is 4.98 Å². The number of halogens is 2. The predicted octanol–water partition coefficient (Wildman–Crippen LogP) is 4.18. The molecule has 0 aliphatic carbocycles. The van der Waals surface area contributed by atoms with E-state index in [4.69, 9.17) is 4.74 Å². The molecule has 8 heteroatoms. The van der Waals surface area contributed by atoms with Gasteiger partial charge in [-0.3, -0.25) is 9.69 Å². The predicted molar refractivity (Wildman–Crippen MR) is 107 cm³/mol. The second kappa shape index (κ2) is 8.62. The van der Waals surface area contributed by atoms with Crippen LogP contribution in [-0.4, -0.2) is 49.6 Å². The Morgan fingerprint density at radius 1 is 1.18 bits per heavy atom. The number of thiazole rings is 1. The lowest BCUT2D eigenvalue weighted by atomic mass is 10.2. The molecule has 0 aliphatic heterocycles. The van der Waals surface area contributed by atoms with Crippen LogP contribution in [0, 0.1) is 11.6 Å². The number of hydrogen-bond acceptors (Lipinski definition) is 5. The second-order valence-corrected chi connectivity index (χ2v) is 7.43. The summed E-state index contributed by atoms with van der Waals surface area (Å²) in [5, 5.41) is 0.442. The first-order valence-corrected chi connectivity index (χ1v) is 9.66. The van der Waals surface area contributed by atoms with Crippen molar-refractivity contribution in [2.75, 3.05) is 38.7 Å². The van der Waals surface area contributed by atoms with Gasteiger partial charge in [0.25, 0.3) is 5.91 Å². The lowest BCUT2D eigenvalue weighted by Crippen LogP contribution is -2.37. The van der Waals surface area contributed by atoms with Gasteiger partial charge in [-0.1, -0.05) is 17.4 Å². The molecule has 0 unspecified atom stereocenters. The zero-order chi connectivity index (χ0) is 20.3. The molecule has 3 aromatic rings. The quantitative estimate of drug-likeness (QED) is 0.592. The van der Waals surface area contributed by atoms with Gasteiger partial charge in [0, 0.05) is 19.2 Å². The Balaban J connectivity index is 2.03. The molecule has 0 spiro atoms. The number of carbonyl (C=O) groups is 1. The van der Waals surface area contributed by atoms with E-state index >= 15 is 0 Å². The van der Waals surface area contributed by atoms with Crippen molar-refractivity contribution in [3.8, 4) is 5.75 Å². The molecule has 0 saturated heterocycles. The van der Waals surface area contributed by atoms with Gasteiger partial charge in [0.2, 0.25) is 0 Å². The van der Waals surface area contributed by atoms with Gasteiger partial charge in [0.05, 0.1) is 16.9 Å². The summed E-state index contributed by atoms with van der Waals surface area (Å²) in [6.45, 7) is 3.25. The van der Waals surface area contributed by atoms with E-state index in [1.807, 2.05) is 44.1 Å². The molecule has 0 bridgehead atoms. The van der Waals surface area contributed by atoms with Gasteiger partial charge < -0.3 is 9.64 Å². The summed E-state index contributed by atoms with van der Waals surface area (Å²) in [6, 6.07) is 8.53. The summed E-state index contributed by atoms with van der Waals surface area (Å²) in [7, 11) is 3.76. The topological polar surface area (TPSA) is 45.7 Å². The summed E-state index contributed by atoms with van der Waals surface area (Å²) in [6.07, 6.45) is 0. The molecule has 0 radical (unpaired) electrons. The Labute approximate surface area is 166 Å². The first-order valence-electron chi connectivity index (χ1n) is 8.84. The van der Waals surface area contributed by atoms with Crippen molar-refractivity contribution in [3.05, 3.63) is 53.6 Å². The number of amides is 1. The molecular weight excluding hydrogens is 384 g/mol. The van der Waals surface area contributed by atoms with E-state index < -0.39 is 17.5 Å². The fourth-order valence-electron chi connectivity index (χ4n) is 2.69. The maximum Gasteiger partial charge on any atom is 0.263 e. The minimum Gasteiger partial charge on any atom is -0.492 e. The van der Waals surface area contributed by atoms with E-state index in [-0.39, 0.29) is 5.56 Å². The molecule has 1 aromatic heterocycles. The van der Waals surface area contributed by atoms with Crippen LogP contribution in [0.1, 0.15) is 17.3 Å². The SMILES string of the molecule is CCOc1cccc2sc(N(CCN(C)C)C(=O)c3ccc(F)cc3F)nc12. The van der Waals surface area contributed by atoms with Crippen molar-refractivity contribution in [2.45, 2.75) is 6.92 Å². The van der Waals surface area contributed by atoms with Crippen molar-refractivity contribution in [1.29, 1.82) is 0 Å². The Morgan fingerprint density at radius 3 is 2.64 bits per heavy atom. The van der Waals surface area contributed by atoms with Gasteiger partial charge in [-0.25, -0.2) is 13.8 Å². The number of likely N-dealkylation sites (N-methyl/N-ethyl adjacent to an activating group) is 1. The fraction of sp³-hybridized carbons (Fsp3) is 0.300. The number of hydrogen-bond donors (Lipinski definition) is 0. The standard InChI is InChI=1S/C20H21F2N3O2S/c1-4-27-16-6-5-7-17-18(16)23-20(28-17)25(11-10-24(2)3)19(26)14-9-8-13(21)12-15(14)22/h5-9,12H,4,10-11H2,1-3H3. The maximum atomic E-state index is 14.2. The number of fused-ring (bicyclic) bond motifs is 1. The van der Waals surface area contributed by atoms with Crippen LogP contribution in [0.4, 0.5) is 13.9 Å². The number of nitrogens with zero attached hydrogens (tertiary/aromatic N) is 3. The second-order valence-electron chi connectivity index (χ2n) is 6.42. The molecule has 1 amide bonds. The number of carbonyl (C=O) groups excluding carboxylic acids is 1. The Morgan fingerprint density at radius 2 is 1.96 bits per heavy atom. The molecule has 1 heterocycles. The van der Waals surface area contributed by atoms with Crippen molar-refractivity contribution >= 4 is 32.6 Å². The van der Waals surface area contributed by atoms with Crippen molar-refractivity contribution in [1.82, 2.24) is 9.88 Å². The third-order valence-corrected chi connectivity index (χ3v) is 5.12. The number of anilines is 1. The summed E-state index contributed by atoms with van der Waals surface area (Å²) < 4.78 is 33.9. The van der Waals surface area contributed by atoms with E-state index in [0.717, 1.165) is 16.8 Å². The molecule has 0 saturated carbocycles. The van der Waals surface area contributed by atoms with E-state index in [1.165, 1.54) is 16.2 Å². The van der Waals surface area contributed by atoms with Gasteiger partial charge >= 0.3 is 0 Å². The number of aromatic nitrogens is 1. The Hall–Kier alpha value is -2.58. The molecule has 5 nitrogen and oxygen atoms in total. The molecular formula is C20H21F2N3O2S. The normalized spacial score (nSPS) is 11.2. The Kier molecular flexibility index (Phi) is 6.21.